The van der Waals surface area contributed by atoms with Crippen molar-refractivity contribution in [1.29, 1.82) is 0 Å². The number of allylic oxidation sites excluding steroid dienone is 2. The Morgan fingerprint density at radius 2 is 2.11 bits per heavy atom. The third-order valence-electron chi connectivity index (χ3n) is 2.60. The van der Waals surface area contributed by atoms with Crippen LogP contribution in [0.15, 0.2) is 34.7 Å². The number of hydrogen-bond donors (Lipinski definition) is 0. The molecule has 1 aliphatic heterocycles. The molecule has 96 valence electrons. The molecule has 0 aliphatic carbocycles. The Labute approximate surface area is 108 Å². The second-order valence-corrected chi connectivity index (χ2v) is 6.02. The Morgan fingerprint density at radius 3 is 2.72 bits per heavy atom. The predicted molar refractivity (Wildman–Crippen MR) is 63.8 cm³/mol. The lowest BCUT2D eigenvalue weighted by molar-refractivity contribution is 0.274. The van der Waals surface area contributed by atoms with Crippen LogP contribution in [-0.4, -0.2) is 13.4 Å². The van der Waals surface area contributed by atoms with Crippen molar-refractivity contribution >= 4 is 21.4 Å². The number of sulfone groups is 1. The summed E-state index contributed by atoms with van der Waals surface area (Å²) in [6.07, 6.45) is 1.83. The van der Waals surface area contributed by atoms with Crippen LogP contribution in [-0.2, 0) is 15.5 Å². The van der Waals surface area contributed by atoms with Crippen molar-refractivity contribution in [2.75, 3.05) is 0 Å². The molecule has 1 unspecified atom stereocenters. The Hall–Kier alpha value is -1.27. The van der Waals surface area contributed by atoms with Gasteiger partial charge in [0, 0.05) is 17.0 Å². The molecule has 3 nitrogen and oxygen atoms in total. The highest BCUT2D eigenvalue weighted by molar-refractivity contribution is 7.97. The van der Waals surface area contributed by atoms with Gasteiger partial charge in [-0.1, -0.05) is 11.6 Å². The number of rotatable bonds is 1. The van der Waals surface area contributed by atoms with Crippen molar-refractivity contribution in [1.82, 2.24) is 4.98 Å². The summed E-state index contributed by atoms with van der Waals surface area (Å²) in [7, 11) is -3.59. The maximum absolute atomic E-state index is 14.7. The minimum Gasteiger partial charge on any atom is -0.229 e. The Kier molecular flexibility index (Phi) is 3.03. The SMILES string of the molecule is CC1=CS(=O)(=O)C=CC1(F)c1cc(Cl)cnc1F. The van der Waals surface area contributed by atoms with Crippen LogP contribution in [0, 0.1) is 5.95 Å². The lowest BCUT2D eigenvalue weighted by Gasteiger charge is -2.25. The van der Waals surface area contributed by atoms with Crippen LogP contribution in [0.4, 0.5) is 8.78 Å². The quantitative estimate of drug-likeness (QED) is 0.748. The summed E-state index contributed by atoms with van der Waals surface area (Å²) in [6, 6.07) is 1.09. The van der Waals surface area contributed by atoms with E-state index in [-0.39, 0.29) is 10.6 Å². The molecule has 1 aliphatic rings. The smallest absolute Gasteiger partial charge is 0.220 e. The van der Waals surface area contributed by atoms with Crippen LogP contribution in [0.2, 0.25) is 5.02 Å². The van der Waals surface area contributed by atoms with E-state index in [0.717, 1.165) is 23.7 Å². The Bertz CT molecular complexity index is 670. The zero-order valence-corrected chi connectivity index (χ0v) is 10.8. The second kappa shape index (κ2) is 4.13. The Morgan fingerprint density at radius 1 is 1.44 bits per heavy atom. The average Bonchev–Trinajstić information content (AvgIpc) is 2.27. The van der Waals surface area contributed by atoms with Crippen LogP contribution in [0.1, 0.15) is 12.5 Å². The summed E-state index contributed by atoms with van der Waals surface area (Å²) in [4.78, 5) is 3.32. The molecule has 0 bridgehead atoms. The van der Waals surface area contributed by atoms with Gasteiger partial charge in [-0.3, -0.25) is 0 Å². The number of alkyl halides is 1. The third-order valence-corrected chi connectivity index (χ3v) is 4.00. The first-order valence-corrected chi connectivity index (χ1v) is 6.87. The molecule has 0 N–H and O–H groups in total. The zero-order valence-electron chi connectivity index (χ0n) is 9.19. The standard InChI is InChI=1S/C11H8ClF2NO2S/c1-7-6-18(16,17)3-2-11(7,14)9-4-8(12)5-15-10(9)13/h2-6H,1H3. The first-order valence-electron chi connectivity index (χ1n) is 4.88. The normalized spacial score (nSPS) is 25.9. The van der Waals surface area contributed by atoms with E-state index < -0.39 is 27.0 Å². The molecule has 0 saturated carbocycles. The van der Waals surface area contributed by atoms with Gasteiger partial charge in [0.1, 0.15) is 0 Å². The maximum Gasteiger partial charge on any atom is 0.220 e. The second-order valence-electron chi connectivity index (χ2n) is 3.90. The fraction of sp³-hybridized carbons (Fsp3) is 0.182. The van der Waals surface area contributed by atoms with Crippen LogP contribution in [0.25, 0.3) is 0 Å². The van der Waals surface area contributed by atoms with Gasteiger partial charge in [-0.25, -0.2) is 17.8 Å². The molecule has 0 aromatic carbocycles. The fourth-order valence-electron chi connectivity index (χ4n) is 1.67. The minimum atomic E-state index is -3.59. The van der Waals surface area contributed by atoms with E-state index >= 15 is 0 Å². The number of aromatic nitrogens is 1. The summed E-state index contributed by atoms with van der Waals surface area (Å²) in [6.45, 7) is 1.27. The van der Waals surface area contributed by atoms with Gasteiger partial charge in [-0.05, 0) is 24.6 Å². The highest BCUT2D eigenvalue weighted by Crippen LogP contribution is 2.40. The van der Waals surface area contributed by atoms with Gasteiger partial charge in [0.2, 0.25) is 5.95 Å². The summed E-state index contributed by atoms with van der Waals surface area (Å²) in [5.74, 6) is -1.03. The third kappa shape index (κ3) is 2.18. The summed E-state index contributed by atoms with van der Waals surface area (Å²) in [5.41, 5.74) is -2.91. The van der Waals surface area contributed by atoms with Gasteiger partial charge < -0.3 is 0 Å². The summed E-state index contributed by atoms with van der Waals surface area (Å²) >= 11 is 5.64. The average molecular weight is 292 g/mol. The first-order chi connectivity index (χ1) is 8.24. The largest absolute Gasteiger partial charge is 0.229 e. The van der Waals surface area contributed by atoms with Crippen LogP contribution >= 0.6 is 11.6 Å². The van der Waals surface area contributed by atoms with Crippen molar-refractivity contribution < 1.29 is 17.2 Å². The lowest BCUT2D eigenvalue weighted by atomic mass is 9.90. The van der Waals surface area contributed by atoms with Crippen molar-refractivity contribution in [2.24, 2.45) is 0 Å². The molecule has 0 radical (unpaired) electrons. The van der Waals surface area contributed by atoms with Crippen LogP contribution in [0.3, 0.4) is 0 Å². The van der Waals surface area contributed by atoms with Crippen LogP contribution in [0.5, 0.6) is 0 Å². The molecule has 1 aromatic rings. The number of pyridine rings is 1. The van der Waals surface area contributed by atoms with E-state index in [2.05, 4.69) is 4.98 Å². The van der Waals surface area contributed by atoms with E-state index in [4.69, 9.17) is 11.6 Å². The van der Waals surface area contributed by atoms with Gasteiger partial charge >= 0.3 is 0 Å². The maximum atomic E-state index is 14.7. The fourth-order valence-corrected chi connectivity index (χ4v) is 2.95. The molecule has 7 heteroatoms. The number of hydrogen-bond acceptors (Lipinski definition) is 3. The van der Waals surface area contributed by atoms with E-state index in [1.165, 1.54) is 6.92 Å². The van der Waals surface area contributed by atoms with Crippen molar-refractivity contribution in [3.63, 3.8) is 0 Å². The minimum absolute atomic E-state index is 0.0676. The van der Waals surface area contributed by atoms with E-state index in [9.17, 15) is 17.2 Å². The molecular formula is C11H8ClF2NO2S. The summed E-state index contributed by atoms with van der Waals surface area (Å²) in [5, 5.41) is 1.52. The van der Waals surface area contributed by atoms with E-state index in [0.29, 0.717) is 5.41 Å². The molecule has 0 fully saturated rings. The highest BCUT2D eigenvalue weighted by atomic mass is 35.5. The van der Waals surface area contributed by atoms with Gasteiger partial charge in [0.15, 0.2) is 15.5 Å². The molecular weight excluding hydrogens is 284 g/mol. The van der Waals surface area contributed by atoms with E-state index in [1.807, 2.05) is 0 Å². The molecule has 0 spiro atoms. The number of halogens is 3. The summed E-state index contributed by atoms with van der Waals surface area (Å²) < 4.78 is 50.8. The molecule has 2 rings (SSSR count). The van der Waals surface area contributed by atoms with E-state index in [1.54, 1.807) is 0 Å². The molecule has 2 heterocycles. The van der Waals surface area contributed by atoms with Gasteiger partial charge in [0.05, 0.1) is 10.6 Å². The number of nitrogens with zero attached hydrogens (tertiary/aromatic N) is 1. The molecule has 18 heavy (non-hydrogen) atoms. The predicted octanol–water partition coefficient (Wildman–Crippen LogP) is 2.88. The Balaban J connectivity index is 2.64. The molecule has 0 saturated heterocycles. The molecule has 1 aromatic heterocycles. The van der Waals surface area contributed by atoms with Gasteiger partial charge in [0.25, 0.3) is 0 Å². The molecule has 1 atom stereocenters. The highest BCUT2D eigenvalue weighted by Gasteiger charge is 2.38. The van der Waals surface area contributed by atoms with Crippen molar-refractivity contribution in [2.45, 2.75) is 12.6 Å². The lowest BCUT2D eigenvalue weighted by Crippen LogP contribution is -2.24. The topological polar surface area (TPSA) is 47.0 Å². The monoisotopic (exact) mass is 291 g/mol. The zero-order chi connectivity index (χ0) is 13.6. The van der Waals surface area contributed by atoms with Crippen molar-refractivity contribution in [3.05, 3.63) is 51.3 Å². The molecule has 0 amide bonds. The van der Waals surface area contributed by atoms with Gasteiger partial charge in [-0.15, -0.1) is 0 Å². The van der Waals surface area contributed by atoms with Crippen molar-refractivity contribution in [3.8, 4) is 0 Å². The first kappa shape index (κ1) is 13.2. The van der Waals surface area contributed by atoms with Crippen LogP contribution < -0.4 is 0 Å². The van der Waals surface area contributed by atoms with Gasteiger partial charge in [-0.2, -0.15) is 4.39 Å².